The number of fused-ring (bicyclic) bond motifs is 4. The van der Waals surface area contributed by atoms with Gasteiger partial charge in [-0.15, -0.1) is 0 Å². The summed E-state index contributed by atoms with van der Waals surface area (Å²) in [4.78, 5) is 25.2. The SMILES string of the molecule is C=C(CC[C@@H](C)C1CC[C@H]2C3=C(C(=O)C[C@]12C)[C@@]1(C)CC[C@@H](O)[C@](C)(O)[C@@H]1C[C@@H]3O)[C@H](C)C(=O)O. The predicted octanol–water partition coefficient (Wildman–Crippen LogP) is 4.27. The maximum Gasteiger partial charge on any atom is 0.310 e. The molecule has 0 amide bonds. The minimum atomic E-state index is -1.34. The Hall–Kier alpha value is -1.50. The topological polar surface area (TPSA) is 115 Å². The van der Waals surface area contributed by atoms with E-state index in [9.17, 15) is 30.0 Å². The zero-order valence-corrected chi connectivity index (χ0v) is 22.0. The molecule has 0 aromatic carbocycles. The van der Waals surface area contributed by atoms with Crippen molar-refractivity contribution in [2.24, 2.45) is 40.4 Å². The molecule has 4 aliphatic carbocycles. The monoisotopic (exact) mass is 488 g/mol. The second kappa shape index (κ2) is 8.81. The largest absolute Gasteiger partial charge is 0.481 e. The van der Waals surface area contributed by atoms with E-state index in [1.807, 2.05) is 0 Å². The molecule has 4 N–H and O–H groups in total. The van der Waals surface area contributed by atoms with Gasteiger partial charge in [-0.2, -0.15) is 0 Å². The third kappa shape index (κ3) is 3.95. The number of hydrogen-bond donors (Lipinski definition) is 4. The van der Waals surface area contributed by atoms with E-state index >= 15 is 0 Å². The second-order valence-electron chi connectivity index (χ2n) is 12.9. The molecule has 2 saturated carbocycles. The lowest BCUT2D eigenvalue weighted by Gasteiger charge is -2.59. The van der Waals surface area contributed by atoms with Crippen LogP contribution in [-0.4, -0.2) is 50.0 Å². The molecule has 2 fully saturated rings. The fraction of sp³-hybridized carbons (Fsp3) is 0.793. The molecule has 0 bridgehead atoms. The lowest BCUT2D eigenvalue weighted by molar-refractivity contribution is -0.174. The Morgan fingerprint density at radius 2 is 1.80 bits per heavy atom. The smallest absolute Gasteiger partial charge is 0.310 e. The Balaban J connectivity index is 1.62. The van der Waals surface area contributed by atoms with Crippen LogP contribution >= 0.6 is 0 Å². The number of rotatable bonds is 6. The van der Waals surface area contributed by atoms with E-state index in [1.165, 1.54) is 0 Å². The molecule has 0 radical (unpaired) electrons. The van der Waals surface area contributed by atoms with Gasteiger partial charge in [-0.05, 0) is 87.5 Å². The predicted molar refractivity (Wildman–Crippen MR) is 133 cm³/mol. The van der Waals surface area contributed by atoms with Crippen molar-refractivity contribution < 1.29 is 30.0 Å². The Labute approximate surface area is 209 Å². The van der Waals surface area contributed by atoms with Crippen LogP contribution in [0.25, 0.3) is 0 Å². The first-order valence-corrected chi connectivity index (χ1v) is 13.4. The van der Waals surface area contributed by atoms with Gasteiger partial charge in [-0.3, -0.25) is 9.59 Å². The molecular formula is C29H44O6. The summed E-state index contributed by atoms with van der Waals surface area (Å²) in [6, 6.07) is 0. The van der Waals surface area contributed by atoms with Crippen molar-refractivity contribution in [2.75, 3.05) is 0 Å². The van der Waals surface area contributed by atoms with Gasteiger partial charge in [0.15, 0.2) is 5.78 Å². The summed E-state index contributed by atoms with van der Waals surface area (Å²) >= 11 is 0. The van der Waals surface area contributed by atoms with Gasteiger partial charge < -0.3 is 20.4 Å². The summed E-state index contributed by atoms with van der Waals surface area (Å²) in [7, 11) is 0. The van der Waals surface area contributed by atoms with E-state index in [2.05, 4.69) is 27.4 Å². The van der Waals surface area contributed by atoms with Gasteiger partial charge in [0.05, 0.1) is 23.7 Å². The number of carboxylic acids is 1. The number of hydrogen-bond acceptors (Lipinski definition) is 5. The molecule has 0 aromatic heterocycles. The normalized spacial score (nSPS) is 44.8. The second-order valence-corrected chi connectivity index (χ2v) is 12.9. The Morgan fingerprint density at radius 3 is 2.43 bits per heavy atom. The van der Waals surface area contributed by atoms with Gasteiger partial charge >= 0.3 is 5.97 Å². The molecule has 196 valence electrons. The zero-order chi connectivity index (χ0) is 26.1. The third-order valence-electron chi connectivity index (χ3n) is 11.0. The molecule has 0 heterocycles. The van der Waals surface area contributed by atoms with E-state index in [-0.39, 0.29) is 23.0 Å². The minimum absolute atomic E-state index is 0.0974. The summed E-state index contributed by atoms with van der Waals surface area (Å²) < 4.78 is 0. The van der Waals surface area contributed by atoms with Crippen LogP contribution in [0.1, 0.15) is 86.0 Å². The molecule has 1 unspecified atom stereocenters. The minimum Gasteiger partial charge on any atom is -0.481 e. The average Bonchev–Trinajstić information content (AvgIpc) is 3.12. The van der Waals surface area contributed by atoms with E-state index in [4.69, 9.17) is 0 Å². The molecule has 0 aromatic rings. The number of allylic oxidation sites excluding steroid dienone is 1. The highest BCUT2D eigenvalue weighted by Gasteiger charge is 2.63. The van der Waals surface area contributed by atoms with Gasteiger partial charge in [-0.25, -0.2) is 0 Å². The Morgan fingerprint density at radius 1 is 1.14 bits per heavy atom. The van der Waals surface area contributed by atoms with Gasteiger partial charge in [0, 0.05) is 23.3 Å². The summed E-state index contributed by atoms with van der Waals surface area (Å²) in [6.45, 7) is 13.8. The fourth-order valence-electron chi connectivity index (χ4n) is 8.71. The van der Waals surface area contributed by atoms with Crippen LogP contribution in [0.5, 0.6) is 0 Å². The number of carbonyl (C=O) groups excluding carboxylic acids is 1. The van der Waals surface area contributed by atoms with Crippen molar-refractivity contribution >= 4 is 11.8 Å². The number of Topliss-reactive ketones (excluding diaryl/α,β-unsaturated/α-hetero) is 1. The van der Waals surface area contributed by atoms with E-state index in [0.29, 0.717) is 43.9 Å². The van der Waals surface area contributed by atoms with Gasteiger partial charge in [0.25, 0.3) is 0 Å². The molecule has 0 aliphatic heterocycles. The van der Waals surface area contributed by atoms with Crippen LogP contribution in [0, 0.1) is 40.4 Å². The lowest BCUT2D eigenvalue weighted by atomic mass is 9.47. The summed E-state index contributed by atoms with van der Waals surface area (Å²) in [5, 5.41) is 42.4. The van der Waals surface area contributed by atoms with Crippen molar-refractivity contribution in [1.29, 1.82) is 0 Å². The van der Waals surface area contributed by atoms with Crippen molar-refractivity contribution in [3.8, 4) is 0 Å². The molecule has 0 spiro atoms. The van der Waals surface area contributed by atoms with Crippen molar-refractivity contribution in [3.05, 3.63) is 23.3 Å². The fourth-order valence-corrected chi connectivity index (χ4v) is 8.71. The zero-order valence-electron chi connectivity index (χ0n) is 22.0. The maximum absolute atomic E-state index is 13.9. The number of carbonyl (C=O) groups is 2. The third-order valence-corrected chi connectivity index (χ3v) is 11.0. The van der Waals surface area contributed by atoms with Crippen molar-refractivity contribution in [1.82, 2.24) is 0 Å². The highest BCUT2D eigenvalue weighted by atomic mass is 16.4. The molecule has 0 saturated heterocycles. The quantitative estimate of drug-likeness (QED) is 0.415. The van der Waals surface area contributed by atoms with Gasteiger partial charge in [-0.1, -0.05) is 32.9 Å². The van der Waals surface area contributed by atoms with Crippen LogP contribution in [0.15, 0.2) is 23.3 Å². The highest BCUT2D eigenvalue weighted by molar-refractivity contribution is 5.99. The summed E-state index contributed by atoms with van der Waals surface area (Å²) in [6.07, 6.45) is 3.68. The van der Waals surface area contributed by atoms with Crippen LogP contribution in [0.2, 0.25) is 0 Å². The van der Waals surface area contributed by atoms with Crippen LogP contribution in [0.4, 0.5) is 0 Å². The number of carboxylic acid groups (broad SMARTS) is 1. The molecule has 35 heavy (non-hydrogen) atoms. The number of ketones is 1. The van der Waals surface area contributed by atoms with E-state index < -0.39 is 35.1 Å². The molecule has 6 heteroatoms. The molecule has 4 rings (SSSR count). The molecule has 6 nitrogen and oxygen atoms in total. The lowest BCUT2D eigenvalue weighted by Crippen LogP contribution is -2.61. The molecule has 4 aliphatic rings. The number of aliphatic hydroxyl groups is 3. The molecular weight excluding hydrogens is 444 g/mol. The van der Waals surface area contributed by atoms with E-state index in [1.54, 1.807) is 13.8 Å². The average molecular weight is 489 g/mol. The van der Waals surface area contributed by atoms with E-state index in [0.717, 1.165) is 36.0 Å². The Bertz CT molecular complexity index is 949. The van der Waals surface area contributed by atoms with Gasteiger partial charge in [0.1, 0.15) is 0 Å². The highest BCUT2D eigenvalue weighted by Crippen LogP contribution is 2.66. The van der Waals surface area contributed by atoms with Crippen LogP contribution in [0.3, 0.4) is 0 Å². The van der Waals surface area contributed by atoms with Crippen molar-refractivity contribution in [2.45, 2.75) is 104 Å². The maximum atomic E-state index is 13.9. The molecule has 10 atom stereocenters. The standard InChI is InChI=1S/C29H44O6/c1-15(17(3)26(33)34)7-8-16(2)18-9-10-19-24-20(30)13-22-27(4,12-11-23(32)29(22,6)35)25(24)21(31)14-28(18,19)5/h16-20,22-23,30,32,35H,1,7-14H2,2-6H3,(H,33,34)/t16-,17+,18?,19+,20+,22-,23-,27+,28-,29-/m1/s1. The Kier molecular flexibility index (Phi) is 6.69. The first-order valence-electron chi connectivity index (χ1n) is 13.4. The summed E-state index contributed by atoms with van der Waals surface area (Å²) in [5.74, 6) is -0.914. The first-order chi connectivity index (χ1) is 16.2. The van der Waals surface area contributed by atoms with Crippen LogP contribution in [-0.2, 0) is 9.59 Å². The number of aliphatic hydroxyl groups excluding tert-OH is 2. The number of aliphatic carboxylic acids is 1. The van der Waals surface area contributed by atoms with Gasteiger partial charge in [0.2, 0.25) is 0 Å². The van der Waals surface area contributed by atoms with Crippen molar-refractivity contribution in [3.63, 3.8) is 0 Å². The summed E-state index contributed by atoms with van der Waals surface area (Å²) in [5.41, 5.74) is 0.277. The first kappa shape index (κ1) is 26.6. The van der Waals surface area contributed by atoms with Crippen LogP contribution < -0.4 is 0 Å².